The van der Waals surface area contributed by atoms with Gasteiger partial charge in [0.05, 0.1) is 0 Å². The molecule has 0 unspecified atom stereocenters. The van der Waals surface area contributed by atoms with Crippen LogP contribution < -0.4 is 0 Å². The van der Waals surface area contributed by atoms with Crippen molar-refractivity contribution in [1.82, 2.24) is 0 Å². The maximum absolute atomic E-state index is 5.58. The van der Waals surface area contributed by atoms with Gasteiger partial charge >= 0.3 is 0 Å². The highest BCUT2D eigenvalue weighted by Crippen LogP contribution is 2.26. The molecule has 1 nitrogen and oxygen atoms in total. The van der Waals surface area contributed by atoms with Crippen molar-refractivity contribution in [2.75, 3.05) is 0 Å². The van der Waals surface area contributed by atoms with Crippen molar-refractivity contribution in [3.05, 3.63) is 41.7 Å². The lowest BCUT2D eigenvalue weighted by molar-refractivity contribution is 0.601. The molecule has 1 aromatic carbocycles. The Morgan fingerprint density at radius 1 is 1.25 bits per heavy atom. The van der Waals surface area contributed by atoms with Gasteiger partial charge in [0.25, 0.3) is 0 Å². The van der Waals surface area contributed by atoms with Crippen molar-refractivity contribution < 1.29 is 4.42 Å². The van der Waals surface area contributed by atoms with E-state index in [0.717, 1.165) is 11.3 Å². The second-order valence-corrected chi connectivity index (χ2v) is 4.00. The Hall–Kier alpha value is -1.50. The second kappa shape index (κ2) is 5.55. The Bertz CT molecular complexity index is 477. The van der Waals surface area contributed by atoms with Crippen molar-refractivity contribution in [3.63, 3.8) is 0 Å². The van der Waals surface area contributed by atoms with E-state index >= 15 is 0 Å². The molecule has 0 fully saturated rings. The predicted octanol–water partition coefficient (Wildman–Crippen LogP) is 5.11. The summed E-state index contributed by atoms with van der Waals surface area (Å²) in [6, 6.07) is 6.20. The van der Waals surface area contributed by atoms with Crippen LogP contribution in [-0.4, -0.2) is 0 Å². The summed E-state index contributed by atoms with van der Waals surface area (Å²) in [5.74, 6) is 0.876. The lowest BCUT2D eigenvalue weighted by atomic mass is 10.1. The molecule has 1 aromatic heterocycles. The van der Waals surface area contributed by atoms with Gasteiger partial charge in [-0.25, -0.2) is 0 Å². The van der Waals surface area contributed by atoms with Gasteiger partial charge in [0.2, 0.25) is 0 Å². The molecule has 86 valence electrons. The van der Waals surface area contributed by atoms with Gasteiger partial charge in [-0.3, -0.25) is 0 Å². The first kappa shape index (κ1) is 12.6. The summed E-state index contributed by atoms with van der Waals surface area (Å²) in [5, 5.41) is 1.19. The van der Waals surface area contributed by atoms with Crippen LogP contribution in [0.3, 0.4) is 0 Å². The standard InChI is InChI=1S/C12H12O.C3H8/c1-4-11-9(3)10-7-8(2)5-6-12(10)13-11;1-3-2/h4-7H,1H2,2-3H3;3H2,1-2H3. The van der Waals surface area contributed by atoms with E-state index in [1.54, 1.807) is 6.08 Å². The summed E-state index contributed by atoms with van der Waals surface area (Å²) in [4.78, 5) is 0. The molecule has 0 saturated carbocycles. The third-order valence-electron chi connectivity index (χ3n) is 2.31. The maximum atomic E-state index is 5.58. The Morgan fingerprint density at radius 2 is 1.88 bits per heavy atom. The smallest absolute Gasteiger partial charge is 0.135 e. The number of hydrogen-bond acceptors (Lipinski definition) is 1. The minimum Gasteiger partial charge on any atom is -0.456 e. The molecule has 0 aliphatic carbocycles. The van der Waals surface area contributed by atoms with E-state index in [2.05, 4.69) is 46.4 Å². The number of hydrogen-bond donors (Lipinski definition) is 0. The Kier molecular flexibility index (Phi) is 4.36. The Morgan fingerprint density at radius 3 is 2.44 bits per heavy atom. The van der Waals surface area contributed by atoms with Gasteiger partial charge in [0.15, 0.2) is 0 Å². The normalized spacial score (nSPS) is 9.75. The van der Waals surface area contributed by atoms with Crippen LogP contribution in [0.15, 0.2) is 29.2 Å². The fourth-order valence-electron chi connectivity index (χ4n) is 1.55. The minimum absolute atomic E-state index is 0.876. The van der Waals surface area contributed by atoms with Crippen LogP contribution in [0.4, 0.5) is 0 Å². The van der Waals surface area contributed by atoms with Gasteiger partial charge in [-0.2, -0.15) is 0 Å². The quantitative estimate of drug-likeness (QED) is 0.645. The molecule has 0 saturated heterocycles. The van der Waals surface area contributed by atoms with Crippen LogP contribution in [0, 0.1) is 13.8 Å². The Balaban J connectivity index is 0.000000386. The van der Waals surface area contributed by atoms with Gasteiger partial charge < -0.3 is 4.42 Å². The molecule has 0 radical (unpaired) electrons. The zero-order valence-corrected chi connectivity index (χ0v) is 10.6. The minimum atomic E-state index is 0.876. The van der Waals surface area contributed by atoms with Gasteiger partial charge in [0, 0.05) is 10.9 Å². The average molecular weight is 216 g/mol. The monoisotopic (exact) mass is 216 g/mol. The molecule has 0 bridgehead atoms. The van der Waals surface area contributed by atoms with E-state index in [0.29, 0.717) is 0 Å². The lowest BCUT2D eigenvalue weighted by Gasteiger charge is -1.91. The van der Waals surface area contributed by atoms with Gasteiger partial charge in [-0.15, -0.1) is 0 Å². The van der Waals surface area contributed by atoms with Crippen molar-refractivity contribution in [2.24, 2.45) is 0 Å². The molecule has 0 N–H and O–H groups in total. The van der Waals surface area contributed by atoms with Crippen molar-refractivity contribution in [2.45, 2.75) is 34.1 Å². The molecular formula is C15H20O. The molecule has 2 rings (SSSR count). The number of rotatable bonds is 1. The largest absolute Gasteiger partial charge is 0.456 e. The van der Waals surface area contributed by atoms with E-state index in [9.17, 15) is 0 Å². The third kappa shape index (κ3) is 2.54. The molecular weight excluding hydrogens is 196 g/mol. The summed E-state index contributed by atoms with van der Waals surface area (Å²) in [5.41, 5.74) is 3.37. The number of fused-ring (bicyclic) bond motifs is 1. The van der Waals surface area contributed by atoms with E-state index in [-0.39, 0.29) is 0 Å². The fourth-order valence-corrected chi connectivity index (χ4v) is 1.55. The average Bonchev–Trinajstić information content (AvgIpc) is 2.57. The maximum Gasteiger partial charge on any atom is 0.135 e. The van der Waals surface area contributed by atoms with Crippen molar-refractivity contribution in [3.8, 4) is 0 Å². The topological polar surface area (TPSA) is 13.1 Å². The van der Waals surface area contributed by atoms with Crippen LogP contribution in [0.25, 0.3) is 17.0 Å². The molecule has 1 heteroatoms. The molecule has 0 aliphatic rings. The van der Waals surface area contributed by atoms with E-state index in [1.165, 1.54) is 22.9 Å². The third-order valence-corrected chi connectivity index (χ3v) is 2.31. The summed E-state index contributed by atoms with van der Waals surface area (Å²) in [6.45, 7) is 12.1. The Labute approximate surface area is 97.8 Å². The van der Waals surface area contributed by atoms with Gasteiger partial charge in [-0.1, -0.05) is 38.5 Å². The summed E-state index contributed by atoms with van der Waals surface area (Å²) in [7, 11) is 0. The highest BCUT2D eigenvalue weighted by molar-refractivity contribution is 5.84. The molecule has 0 atom stereocenters. The zero-order valence-electron chi connectivity index (χ0n) is 10.6. The van der Waals surface area contributed by atoms with Crippen LogP contribution in [-0.2, 0) is 0 Å². The van der Waals surface area contributed by atoms with Crippen LogP contribution in [0.1, 0.15) is 37.2 Å². The van der Waals surface area contributed by atoms with Crippen LogP contribution in [0.5, 0.6) is 0 Å². The summed E-state index contributed by atoms with van der Waals surface area (Å²) >= 11 is 0. The van der Waals surface area contributed by atoms with E-state index in [1.807, 2.05) is 6.07 Å². The lowest BCUT2D eigenvalue weighted by Crippen LogP contribution is -1.73. The highest BCUT2D eigenvalue weighted by Gasteiger charge is 2.06. The summed E-state index contributed by atoms with van der Waals surface area (Å²) in [6.07, 6.45) is 3.00. The van der Waals surface area contributed by atoms with E-state index in [4.69, 9.17) is 4.42 Å². The highest BCUT2D eigenvalue weighted by atomic mass is 16.3. The van der Waals surface area contributed by atoms with Crippen LogP contribution >= 0.6 is 0 Å². The molecule has 0 spiro atoms. The van der Waals surface area contributed by atoms with E-state index < -0.39 is 0 Å². The summed E-state index contributed by atoms with van der Waals surface area (Å²) < 4.78 is 5.58. The van der Waals surface area contributed by atoms with Crippen LogP contribution in [0.2, 0.25) is 0 Å². The van der Waals surface area contributed by atoms with Crippen molar-refractivity contribution >= 4 is 17.0 Å². The molecule has 2 aromatic rings. The zero-order chi connectivity index (χ0) is 12.1. The molecule has 16 heavy (non-hydrogen) atoms. The molecule has 0 amide bonds. The van der Waals surface area contributed by atoms with Gasteiger partial charge in [0.1, 0.15) is 11.3 Å². The molecule has 0 aliphatic heterocycles. The predicted molar refractivity (Wildman–Crippen MR) is 71.7 cm³/mol. The van der Waals surface area contributed by atoms with Crippen molar-refractivity contribution in [1.29, 1.82) is 0 Å². The number of aryl methyl sites for hydroxylation is 2. The number of furan rings is 1. The first-order valence-corrected chi connectivity index (χ1v) is 5.76. The number of benzene rings is 1. The first-order chi connectivity index (χ1) is 7.63. The molecule has 1 heterocycles. The SMILES string of the molecule is C=Cc1oc2ccc(C)cc2c1C.CCC. The second-order valence-electron chi connectivity index (χ2n) is 4.00. The first-order valence-electron chi connectivity index (χ1n) is 5.76. The van der Waals surface area contributed by atoms with Gasteiger partial charge in [-0.05, 0) is 32.1 Å². The fraction of sp³-hybridized carbons (Fsp3) is 0.333.